The Labute approximate surface area is 113 Å². The number of rotatable bonds is 5. The van der Waals surface area contributed by atoms with Crippen LogP contribution in [0, 0.1) is 6.92 Å². The van der Waals surface area contributed by atoms with Crippen molar-refractivity contribution in [3.8, 4) is 5.88 Å². The molecule has 0 saturated carbocycles. The standard InChI is InChI=1S/C14H18N4O/c1-4-12-8-13(18-10(2)17-12)16-9-11-6-5-7-15-14(11)19-3/h5-8H,4,9H2,1-3H3,(H,16,17,18). The first-order valence-electron chi connectivity index (χ1n) is 6.29. The number of pyridine rings is 1. The van der Waals surface area contributed by atoms with Crippen molar-refractivity contribution >= 4 is 5.82 Å². The van der Waals surface area contributed by atoms with Crippen molar-refractivity contribution in [2.75, 3.05) is 12.4 Å². The van der Waals surface area contributed by atoms with Gasteiger partial charge in [0.05, 0.1) is 7.11 Å². The van der Waals surface area contributed by atoms with Crippen LogP contribution in [0.3, 0.4) is 0 Å². The van der Waals surface area contributed by atoms with Gasteiger partial charge in [0.15, 0.2) is 0 Å². The highest BCUT2D eigenvalue weighted by Crippen LogP contribution is 2.15. The van der Waals surface area contributed by atoms with Crippen LogP contribution in [0.15, 0.2) is 24.4 Å². The van der Waals surface area contributed by atoms with Gasteiger partial charge >= 0.3 is 0 Å². The van der Waals surface area contributed by atoms with E-state index >= 15 is 0 Å². The van der Waals surface area contributed by atoms with E-state index in [2.05, 4.69) is 27.2 Å². The summed E-state index contributed by atoms with van der Waals surface area (Å²) in [7, 11) is 1.62. The summed E-state index contributed by atoms with van der Waals surface area (Å²) in [6, 6.07) is 5.84. The number of nitrogens with zero attached hydrogens (tertiary/aromatic N) is 3. The van der Waals surface area contributed by atoms with Gasteiger partial charge in [0.2, 0.25) is 5.88 Å². The molecule has 0 aliphatic carbocycles. The van der Waals surface area contributed by atoms with Gasteiger partial charge < -0.3 is 10.1 Å². The molecule has 2 heterocycles. The number of hydrogen-bond donors (Lipinski definition) is 1. The maximum absolute atomic E-state index is 5.22. The van der Waals surface area contributed by atoms with Gasteiger partial charge in [-0.2, -0.15) is 0 Å². The van der Waals surface area contributed by atoms with Gasteiger partial charge in [-0.25, -0.2) is 15.0 Å². The molecule has 2 rings (SSSR count). The number of aromatic nitrogens is 3. The average molecular weight is 258 g/mol. The van der Waals surface area contributed by atoms with E-state index in [-0.39, 0.29) is 0 Å². The van der Waals surface area contributed by atoms with Crippen LogP contribution < -0.4 is 10.1 Å². The summed E-state index contributed by atoms with van der Waals surface area (Å²) >= 11 is 0. The van der Waals surface area contributed by atoms with Gasteiger partial charge in [0.1, 0.15) is 11.6 Å². The monoisotopic (exact) mass is 258 g/mol. The minimum Gasteiger partial charge on any atom is -0.481 e. The predicted octanol–water partition coefficient (Wildman–Crippen LogP) is 2.36. The van der Waals surface area contributed by atoms with E-state index in [1.807, 2.05) is 25.1 Å². The highest BCUT2D eigenvalue weighted by Gasteiger charge is 2.04. The molecular weight excluding hydrogens is 240 g/mol. The number of ether oxygens (including phenoxy) is 1. The lowest BCUT2D eigenvalue weighted by Gasteiger charge is -2.10. The van der Waals surface area contributed by atoms with Crippen LogP contribution in [0.5, 0.6) is 5.88 Å². The van der Waals surface area contributed by atoms with Crippen molar-refractivity contribution in [3.63, 3.8) is 0 Å². The highest BCUT2D eigenvalue weighted by molar-refractivity contribution is 5.38. The van der Waals surface area contributed by atoms with Crippen molar-refractivity contribution in [1.82, 2.24) is 15.0 Å². The quantitative estimate of drug-likeness (QED) is 0.892. The number of anilines is 1. The Kier molecular flexibility index (Phi) is 4.28. The van der Waals surface area contributed by atoms with Gasteiger partial charge in [-0.15, -0.1) is 0 Å². The largest absolute Gasteiger partial charge is 0.481 e. The Morgan fingerprint density at radius 1 is 1.32 bits per heavy atom. The lowest BCUT2D eigenvalue weighted by molar-refractivity contribution is 0.393. The van der Waals surface area contributed by atoms with Gasteiger partial charge in [-0.3, -0.25) is 0 Å². The Morgan fingerprint density at radius 2 is 2.16 bits per heavy atom. The third-order valence-electron chi connectivity index (χ3n) is 2.76. The summed E-state index contributed by atoms with van der Waals surface area (Å²) in [4.78, 5) is 12.9. The normalized spacial score (nSPS) is 10.3. The fourth-order valence-corrected chi connectivity index (χ4v) is 1.83. The van der Waals surface area contributed by atoms with Crippen LogP contribution in [0.1, 0.15) is 24.0 Å². The van der Waals surface area contributed by atoms with Crippen molar-refractivity contribution in [3.05, 3.63) is 41.5 Å². The topological polar surface area (TPSA) is 59.9 Å². The fraction of sp³-hybridized carbons (Fsp3) is 0.357. The minimum atomic E-state index is 0.622. The molecule has 0 unspecified atom stereocenters. The van der Waals surface area contributed by atoms with Gasteiger partial charge in [0.25, 0.3) is 0 Å². The SMILES string of the molecule is CCc1cc(NCc2cccnc2OC)nc(C)n1. The number of hydrogen-bond acceptors (Lipinski definition) is 5. The van der Waals surface area contributed by atoms with E-state index < -0.39 is 0 Å². The fourth-order valence-electron chi connectivity index (χ4n) is 1.83. The molecule has 2 aromatic heterocycles. The molecular formula is C14H18N4O. The highest BCUT2D eigenvalue weighted by atomic mass is 16.5. The summed E-state index contributed by atoms with van der Waals surface area (Å²) in [5.41, 5.74) is 2.03. The van der Waals surface area contributed by atoms with E-state index in [9.17, 15) is 0 Å². The molecule has 0 amide bonds. The van der Waals surface area contributed by atoms with Gasteiger partial charge in [-0.05, 0) is 19.4 Å². The number of methoxy groups -OCH3 is 1. The van der Waals surface area contributed by atoms with E-state index in [0.29, 0.717) is 12.4 Å². The minimum absolute atomic E-state index is 0.622. The molecule has 5 heteroatoms. The second-order valence-electron chi connectivity index (χ2n) is 4.17. The molecule has 1 N–H and O–H groups in total. The zero-order valence-electron chi connectivity index (χ0n) is 11.5. The van der Waals surface area contributed by atoms with E-state index in [1.165, 1.54) is 0 Å². The maximum Gasteiger partial charge on any atom is 0.218 e. The summed E-state index contributed by atoms with van der Waals surface area (Å²) < 4.78 is 5.22. The van der Waals surface area contributed by atoms with E-state index in [4.69, 9.17) is 4.74 Å². The van der Waals surface area contributed by atoms with Crippen molar-refractivity contribution < 1.29 is 4.74 Å². The Hall–Kier alpha value is -2.17. The van der Waals surface area contributed by atoms with Crippen molar-refractivity contribution in [2.24, 2.45) is 0 Å². The smallest absolute Gasteiger partial charge is 0.218 e. The predicted molar refractivity (Wildman–Crippen MR) is 74.3 cm³/mol. The van der Waals surface area contributed by atoms with Crippen LogP contribution >= 0.6 is 0 Å². The molecule has 19 heavy (non-hydrogen) atoms. The van der Waals surface area contributed by atoms with Crippen molar-refractivity contribution in [2.45, 2.75) is 26.8 Å². The molecule has 0 spiro atoms. The molecule has 0 fully saturated rings. The molecule has 0 aliphatic heterocycles. The Bertz CT molecular complexity index is 557. The van der Waals surface area contributed by atoms with Crippen LogP contribution in [0.25, 0.3) is 0 Å². The first-order valence-corrected chi connectivity index (χ1v) is 6.29. The van der Waals surface area contributed by atoms with Gasteiger partial charge in [-0.1, -0.05) is 13.0 Å². The second kappa shape index (κ2) is 6.13. The van der Waals surface area contributed by atoms with Gasteiger partial charge in [0, 0.05) is 30.1 Å². The molecule has 0 radical (unpaired) electrons. The zero-order valence-corrected chi connectivity index (χ0v) is 11.5. The molecule has 0 aliphatic rings. The zero-order chi connectivity index (χ0) is 13.7. The summed E-state index contributed by atoms with van der Waals surface area (Å²) in [5, 5.41) is 3.28. The third kappa shape index (κ3) is 3.40. The molecule has 0 aromatic carbocycles. The first-order chi connectivity index (χ1) is 9.22. The van der Waals surface area contributed by atoms with Crippen LogP contribution in [-0.4, -0.2) is 22.1 Å². The lowest BCUT2D eigenvalue weighted by Crippen LogP contribution is -2.06. The van der Waals surface area contributed by atoms with Crippen molar-refractivity contribution in [1.29, 1.82) is 0 Å². The molecule has 0 saturated heterocycles. The third-order valence-corrected chi connectivity index (χ3v) is 2.76. The maximum atomic E-state index is 5.22. The second-order valence-corrected chi connectivity index (χ2v) is 4.17. The Morgan fingerprint density at radius 3 is 2.89 bits per heavy atom. The molecule has 0 atom stereocenters. The van der Waals surface area contributed by atoms with E-state index in [0.717, 1.165) is 29.3 Å². The van der Waals surface area contributed by atoms with Crippen LogP contribution in [0.4, 0.5) is 5.82 Å². The first kappa shape index (κ1) is 13.3. The molecule has 5 nitrogen and oxygen atoms in total. The summed E-state index contributed by atoms with van der Waals surface area (Å²) in [6.07, 6.45) is 2.61. The molecule has 2 aromatic rings. The van der Waals surface area contributed by atoms with Crippen LogP contribution in [-0.2, 0) is 13.0 Å². The summed E-state index contributed by atoms with van der Waals surface area (Å²) in [5.74, 6) is 2.24. The number of nitrogens with one attached hydrogen (secondary N) is 1. The summed E-state index contributed by atoms with van der Waals surface area (Å²) in [6.45, 7) is 4.60. The van der Waals surface area contributed by atoms with Crippen LogP contribution in [0.2, 0.25) is 0 Å². The number of aryl methyl sites for hydroxylation is 2. The molecule has 100 valence electrons. The van der Waals surface area contributed by atoms with E-state index in [1.54, 1.807) is 13.3 Å². The lowest BCUT2D eigenvalue weighted by atomic mass is 10.2. The molecule has 0 bridgehead atoms. The Balaban J connectivity index is 2.12. The average Bonchev–Trinajstić information content (AvgIpc) is 2.44.